The third-order valence-electron chi connectivity index (χ3n) is 2.46. The van der Waals surface area contributed by atoms with Gasteiger partial charge in [0.05, 0.1) is 0 Å². The molecule has 72 valence electrons. The molecule has 0 amide bonds. The highest BCUT2D eigenvalue weighted by Gasteiger charge is 2.21. The average molecular weight is 234 g/mol. The molecule has 1 aliphatic heterocycles. The molecule has 0 N–H and O–H groups in total. The molecule has 0 atom stereocenters. The van der Waals surface area contributed by atoms with E-state index in [9.17, 15) is 0 Å². The summed E-state index contributed by atoms with van der Waals surface area (Å²) in [7, 11) is 0. The van der Waals surface area contributed by atoms with E-state index in [1.807, 2.05) is 0 Å². The Morgan fingerprint density at radius 3 is 2.25 bits per heavy atom. The fourth-order valence-electron chi connectivity index (χ4n) is 1.77. The quantitative estimate of drug-likeness (QED) is 0.679. The third kappa shape index (κ3) is 3.44. The second-order valence-corrected chi connectivity index (χ2v) is 5.20. The molecule has 0 unspecified atom stereocenters. The molecule has 12 heavy (non-hydrogen) atoms. The molecule has 1 aliphatic rings. The molecule has 1 rings (SSSR count). The van der Waals surface area contributed by atoms with Crippen molar-refractivity contribution in [3.05, 3.63) is 0 Å². The topological polar surface area (TPSA) is 3.24 Å². The monoisotopic (exact) mass is 233 g/mol. The summed E-state index contributed by atoms with van der Waals surface area (Å²) >= 11 is 3.57. The summed E-state index contributed by atoms with van der Waals surface area (Å²) in [5, 5.41) is 1.11. The first-order valence-corrected chi connectivity index (χ1v) is 6.04. The zero-order valence-corrected chi connectivity index (χ0v) is 9.86. The normalized spacial score (nSPS) is 21.2. The van der Waals surface area contributed by atoms with Crippen LogP contribution in [-0.4, -0.2) is 29.9 Å². The maximum absolute atomic E-state index is 3.57. The van der Waals surface area contributed by atoms with Crippen LogP contribution in [0.2, 0.25) is 0 Å². The second-order valence-electron chi connectivity index (χ2n) is 4.63. The van der Waals surface area contributed by atoms with Crippen LogP contribution in [0.1, 0.15) is 33.1 Å². The first kappa shape index (κ1) is 10.5. The molecule has 2 heteroatoms. The fourth-order valence-corrected chi connectivity index (χ4v) is 1.94. The Bertz CT molecular complexity index is 128. The molecule has 1 saturated heterocycles. The van der Waals surface area contributed by atoms with E-state index in [1.54, 1.807) is 0 Å². The van der Waals surface area contributed by atoms with Gasteiger partial charge in [0, 0.05) is 11.9 Å². The molecule has 1 heterocycles. The molecule has 0 aliphatic carbocycles. The Morgan fingerprint density at radius 1 is 1.17 bits per heavy atom. The number of likely N-dealkylation sites (tertiary alicyclic amines) is 1. The number of hydrogen-bond donors (Lipinski definition) is 0. The summed E-state index contributed by atoms with van der Waals surface area (Å²) in [6.07, 6.45) is 4.24. The maximum atomic E-state index is 3.57. The van der Waals surface area contributed by atoms with E-state index in [2.05, 4.69) is 34.7 Å². The molecular weight excluding hydrogens is 214 g/mol. The van der Waals surface area contributed by atoms with Crippen LogP contribution in [0.3, 0.4) is 0 Å². The van der Waals surface area contributed by atoms with Gasteiger partial charge in [0.15, 0.2) is 0 Å². The summed E-state index contributed by atoms with van der Waals surface area (Å²) in [5.41, 5.74) is 0.442. The zero-order chi connectivity index (χ0) is 9.03. The lowest BCUT2D eigenvalue weighted by Gasteiger charge is -2.33. The molecule has 0 saturated carbocycles. The van der Waals surface area contributed by atoms with Crippen molar-refractivity contribution in [2.75, 3.05) is 25.0 Å². The lowest BCUT2D eigenvalue weighted by molar-refractivity contribution is 0.167. The minimum atomic E-state index is 0.442. The van der Waals surface area contributed by atoms with E-state index in [4.69, 9.17) is 0 Å². The van der Waals surface area contributed by atoms with Gasteiger partial charge in [-0.3, -0.25) is 0 Å². The van der Waals surface area contributed by atoms with Crippen LogP contribution < -0.4 is 0 Å². The van der Waals surface area contributed by atoms with Crippen molar-refractivity contribution in [3.8, 4) is 0 Å². The Kier molecular flexibility index (Phi) is 4.04. The smallest absolute Gasteiger partial charge is 0.00949 e. The number of piperidine rings is 1. The molecule has 0 bridgehead atoms. The fraction of sp³-hybridized carbons (Fsp3) is 1.00. The van der Waals surface area contributed by atoms with Gasteiger partial charge >= 0.3 is 0 Å². The van der Waals surface area contributed by atoms with Crippen LogP contribution in [-0.2, 0) is 0 Å². The van der Waals surface area contributed by atoms with Crippen LogP contribution in [0.25, 0.3) is 0 Å². The largest absolute Gasteiger partial charge is 0.303 e. The Hall–Kier alpha value is 0.440. The van der Waals surface area contributed by atoms with Crippen molar-refractivity contribution >= 4 is 15.9 Å². The summed E-state index contributed by atoms with van der Waals surface area (Å²) in [4.78, 5) is 2.60. The lowest BCUT2D eigenvalue weighted by Crippen LogP contribution is -2.38. The van der Waals surface area contributed by atoms with Crippen molar-refractivity contribution < 1.29 is 0 Å². The predicted octanol–water partition coefficient (Wildman–Crippen LogP) is 2.89. The van der Waals surface area contributed by atoms with Gasteiger partial charge in [0.1, 0.15) is 0 Å². The van der Waals surface area contributed by atoms with Crippen molar-refractivity contribution in [2.24, 2.45) is 5.41 Å². The Balaban J connectivity index is 2.28. The molecule has 0 radical (unpaired) electrons. The number of alkyl halides is 1. The number of halogens is 1. The highest BCUT2D eigenvalue weighted by atomic mass is 79.9. The molecule has 0 aromatic heterocycles. The minimum Gasteiger partial charge on any atom is -0.303 e. The Labute approximate surface area is 84.6 Å². The van der Waals surface area contributed by atoms with Gasteiger partial charge < -0.3 is 4.90 Å². The molecule has 0 aromatic carbocycles. The van der Waals surface area contributed by atoms with Gasteiger partial charge in [0.2, 0.25) is 0 Å². The van der Waals surface area contributed by atoms with Crippen LogP contribution in [0.4, 0.5) is 0 Å². The summed E-state index contributed by atoms with van der Waals surface area (Å²) in [6.45, 7) is 8.54. The zero-order valence-electron chi connectivity index (χ0n) is 8.27. The van der Waals surface area contributed by atoms with Crippen LogP contribution >= 0.6 is 15.9 Å². The second kappa shape index (κ2) is 4.61. The Morgan fingerprint density at radius 2 is 1.75 bits per heavy atom. The van der Waals surface area contributed by atoms with Gasteiger partial charge in [-0.2, -0.15) is 0 Å². The molecular formula is C10H20BrN. The molecule has 1 fully saturated rings. The molecule has 0 aromatic rings. The minimum absolute atomic E-state index is 0.442. The van der Waals surface area contributed by atoms with Crippen molar-refractivity contribution in [1.82, 2.24) is 4.90 Å². The third-order valence-corrected chi connectivity index (χ3v) is 3.98. The van der Waals surface area contributed by atoms with E-state index < -0.39 is 0 Å². The first-order chi connectivity index (χ1) is 5.64. The number of nitrogens with zero attached hydrogens (tertiary/aromatic N) is 1. The van der Waals surface area contributed by atoms with Crippen LogP contribution in [0.15, 0.2) is 0 Å². The van der Waals surface area contributed by atoms with E-state index in [-0.39, 0.29) is 0 Å². The van der Waals surface area contributed by atoms with Crippen LogP contribution in [0, 0.1) is 5.41 Å². The lowest BCUT2D eigenvalue weighted by atomic mass is 9.95. The van der Waals surface area contributed by atoms with Gasteiger partial charge in [-0.25, -0.2) is 0 Å². The summed E-state index contributed by atoms with van der Waals surface area (Å²) < 4.78 is 0. The van der Waals surface area contributed by atoms with Gasteiger partial charge in [-0.05, 0) is 31.3 Å². The average Bonchev–Trinajstić information content (AvgIpc) is 2.06. The standard InChI is InChI=1S/C10H20BrN/c1-10(2,8-11)9-12-6-4-3-5-7-12/h3-9H2,1-2H3. The van der Waals surface area contributed by atoms with Crippen LogP contribution in [0.5, 0.6) is 0 Å². The SMILES string of the molecule is CC(C)(CBr)CN1CCCCC1. The molecule has 0 spiro atoms. The van der Waals surface area contributed by atoms with Gasteiger partial charge in [0.25, 0.3) is 0 Å². The summed E-state index contributed by atoms with van der Waals surface area (Å²) in [5.74, 6) is 0. The van der Waals surface area contributed by atoms with Gasteiger partial charge in [-0.1, -0.05) is 36.2 Å². The number of rotatable bonds is 3. The highest BCUT2D eigenvalue weighted by Crippen LogP contribution is 2.21. The van der Waals surface area contributed by atoms with E-state index in [1.165, 1.54) is 38.9 Å². The van der Waals surface area contributed by atoms with E-state index in [0.29, 0.717) is 5.41 Å². The number of hydrogen-bond acceptors (Lipinski definition) is 1. The van der Waals surface area contributed by atoms with E-state index >= 15 is 0 Å². The van der Waals surface area contributed by atoms with Crippen molar-refractivity contribution in [3.63, 3.8) is 0 Å². The van der Waals surface area contributed by atoms with Crippen molar-refractivity contribution in [2.45, 2.75) is 33.1 Å². The predicted molar refractivity (Wildman–Crippen MR) is 57.9 cm³/mol. The van der Waals surface area contributed by atoms with Gasteiger partial charge in [-0.15, -0.1) is 0 Å². The summed E-state index contributed by atoms with van der Waals surface area (Å²) in [6, 6.07) is 0. The highest BCUT2D eigenvalue weighted by molar-refractivity contribution is 9.09. The first-order valence-electron chi connectivity index (χ1n) is 4.92. The van der Waals surface area contributed by atoms with E-state index in [0.717, 1.165) is 5.33 Å². The molecule has 1 nitrogen and oxygen atoms in total. The van der Waals surface area contributed by atoms with Crippen molar-refractivity contribution in [1.29, 1.82) is 0 Å². The maximum Gasteiger partial charge on any atom is 0.00949 e.